The molecule has 5 nitrogen and oxygen atoms in total. The summed E-state index contributed by atoms with van der Waals surface area (Å²) in [7, 11) is -3.94. The number of hydrogen-bond acceptors (Lipinski definition) is 3. The summed E-state index contributed by atoms with van der Waals surface area (Å²) in [5, 5.41) is 3.10. The number of amides is 1. The number of aryl methyl sites for hydroxylation is 4. The molecule has 4 rings (SSSR count). The molecule has 0 aliphatic heterocycles. The van der Waals surface area contributed by atoms with Crippen LogP contribution in [0.5, 0.6) is 0 Å². The minimum atomic E-state index is -3.94. The minimum Gasteiger partial charge on any atom is -0.348 e. The number of fused-ring (bicyclic) bond motifs is 1. The Hall–Kier alpha value is -3.12. The molecular weight excluding hydrogens is 456 g/mol. The van der Waals surface area contributed by atoms with E-state index in [1.807, 2.05) is 39.0 Å². The van der Waals surface area contributed by atoms with Gasteiger partial charge in [0, 0.05) is 0 Å². The van der Waals surface area contributed by atoms with E-state index in [4.69, 9.17) is 0 Å². The van der Waals surface area contributed by atoms with Gasteiger partial charge in [0.1, 0.15) is 6.54 Å². The van der Waals surface area contributed by atoms with Crippen LogP contribution in [0, 0.1) is 13.8 Å². The molecule has 0 bridgehead atoms. The molecule has 184 valence electrons. The monoisotopic (exact) mass is 490 g/mol. The normalized spacial score (nSPS) is 14.1. The van der Waals surface area contributed by atoms with Crippen molar-refractivity contribution in [2.75, 3.05) is 10.8 Å². The molecule has 1 unspecified atom stereocenters. The first kappa shape index (κ1) is 25.0. The Morgan fingerprint density at radius 3 is 2.37 bits per heavy atom. The summed E-state index contributed by atoms with van der Waals surface area (Å²) in [4.78, 5) is 13.5. The highest BCUT2D eigenvalue weighted by atomic mass is 32.2. The molecule has 35 heavy (non-hydrogen) atoms. The van der Waals surface area contributed by atoms with E-state index in [-0.39, 0.29) is 23.4 Å². The molecule has 0 radical (unpaired) electrons. The van der Waals surface area contributed by atoms with E-state index in [1.165, 1.54) is 28.3 Å². The summed E-state index contributed by atoms with van der Waals surface area (Å²) >= 11 is 0. The van der Waals surface area contributed by atoms with Gasteiger partial charge in [-0.2, -0.15) is 0 Å². The van der Waals surface area contributed by atoms with Crippen molar-refractivity contribution in [2.24, 2.45) is 0 Å². The van der Waals surface area contributed by atoms with Crippen molar-refractivity contribution in [1.29, 1.82) is 0 Å². The standard InChI is InChI=1S/C29H34N2O3S/c1-4-27(25-17-16-23-10-8-9-11-24(23)19-25)30-29(32)20-31(28-18-21(2)14-15-22(28)3)35(33,34)26-12-6-5-7-13-26/h5-7,12-19,27H,4,8-11,20H2,1-3H3,(H,30,32). The molecule has 0 heterocycles. The number of carbonyl (C=O) groups is 1. The molecule has 1 N–H and O–H groups in total. The minimum absolute atomic E-state index is 0.162. The Morgan fingerprint density at radius 2 is 1.66 bits per heavy atom. The zero-order chi connectivity index (χ0) is 25.0. The summed E-state index contributed by atoms with van der Waals surface area (Å²) in [6.45, 7) is 5.53. The Kier molecular flexibility index (Phi) is 7.60. The van der Waals surface area contributed by atoms with Gasteiger partial charge in [-0.25, -0.2) is 8.42 Å². The lowest BCUT2D eigenvalue weighted by Crippen LogP contribution is -2.42. The summed E-state index contributed by atoms with van der Waals surface area (Å²) in [6.07, 6.45) is 5.33. The van der Waals surface area contributed by atoms with E-state index in [9.17, 15) is 13.2 Å². The van der Waals surface area contributed by atoms with Crippen LogP contribution in [0.3, 0.4) is 0 Å². The average Bonchev–Trinajstić information content (AvgIpc) is 2.87. The van der Waals surface area contributed by atoms with Crippen LogP contribution in [0.1, 0.15) is 60.0 Å². The van der Waals surface area contributed by atoms with Gasteiger partial charge in [-0.1, -0.05) is 55.5 Å². The maximum atomic E-state index is 13.7. The molecular formula is C29H34N2O3S. The predicted molar refractivity (Wildman–Crippen MR) is 141 cm³/mol. The summed E-state index contributed by atoms with van der Waals surface area (Å²) in [5.74, 6) is -0.324. The van der Waals surface area contributed by atoms with E-state index in [0.717, 1.165) is 36.0 Å². The van der Waals surface area contributed by atoms with Gasteiger partial charge in [0.25, 0.3) is 10.0 Å². The molecule has 3 aromatic carbocycles. The van der Waals surface area contributed by atoms with Gasteiger partial charge in [-0.05, 0) is 92.0 Å². The van der Waals surface area contributed by atoms with Crippen molar-refractivity contribution in [1.82, 2.24) is 5.32 Å². The van der Waals surface area contributed by atoms with Crippen LogP contribution in [0.25, 0.3) is 0 Å². The van der Waals surface area contributed by atoms with Gasteiger partial charge in [-0.15, -0.1) is 0 Å². The highest BCUT2D eigenvalue weighted by Crippen LogP contribution is 2.29. The van der Waals surface area contributed by atoms with Crippen LogP contribution >= 0.6 is 0 Å². The molecule has 1 amide bonds. The molecule has 3 aromatic rings. The fourth-order valence-electron chi connectivity index (χ4n) is 4.77. The number of rotatable bonds is 8. The van der Waals surface area contributed by atoms with Gasteiger partial charge in [-0.3, -0.25) is 9.10 Å². The van der Waals surface area contributed by atoms with Gasteiger partial charge in [0.15, 0.2) is 0 Å². The van der Waals surface area contributed by atoms with E-state index < -0.39 is 10.0 Å². The predicted octanol–water partition coefficient (Wildman–Crippen LogP) is 5.65. The third kappa shape index (κ3) is 5.59. The fraction of sp³-hybridized carbons (Fsp3) is 0.345. The quantitative estimate of drug-likeness (QED) is 0.444. The van der Waals surface area contributed by atoms with Crippen molar-refractivity contribution in [3.8, 4) is 0 Å². The molecule has 1 aliphatic rings. The Labute approximate surface area is 209 Å². The third-order valence-electron chi connectivity index (χ3n) is 6.77. The third-order valence-corrected chi connectivity index (χ3v) is 8.54. The van der Waals surface area contributed by atoms with Crippen LogP contribution in [0.15, 0.2) is 71.6 Å². The zero-order valence-corrected chi connectivity index (χ0v) is 21.6. The second kappa shape index (κ2) is 10.6. The van der Waals surface area contributed by atoms with E-state index in [2.05, 4.69) is 23.5 Å². The van der Waals surface area contributed by atoms with Crippen LogP contribution < -0.4 is 9.62 Å². The molecule has 0 fully saturated rings. The Morgan fingerprint density at radius 1 is 0.943 bits per heavy atom. The first-order chi connectivity index (χ1) is 16.8. The highest BCUT2D eigenvalue weighted by Gasteiger charge is 2.29. The molecule has 1 atom stereocenters. The second-order valence-electron chi connectivity index (χ2n) is 9.38. The van der Waals surface area contributed by atoms with Gasteiger partial charge >= 0.3 is 0 Å². The van der Waals surface area contributed by atoms with Gasteiger partial charge < -0.3 is 5.32 Å². The van der Waals surface area contributed by atoms with Crippen LogP contribution in [0.4, 0.5) is 5.69 Å². The largest absolute Gasteiger partial charge is 0.348 e. The van der Waals surface area contributed by atoms with Crippen molar-refractivity contribution in [3.63, 3.8) is 0 Å². The van der Waals surface area contributed by atoms with Crippen molar-refractivity contribution >= 4 is 21.6 Å². The SMILES string of the molecule is CCC(NC(=O)CN(c1cc(C)ccc1C)S(=O)(=O)c1ccccc1)c1ccc2c(c1)CCCC2. The molecule has 0 saturated heterocycles. The smallest absolute Gasteiger partial charge is 0.264 e. The van der Waals surface area contributed by atoms with E-state index >= 15 is 0 Å². The maximum absolute atomic E-state index is 13.7. The first-order valence-electron chi connectivity index (χ1n) is 12.4. The zero-order valence-electron chi connectivity index (χ0n) is 20.8. The lowest BCUT2D eigenvalue weighted by atomic mass is 9.89. The number of nitrogens with one attached hydrogen (secondary N) is 1. The average molecular weight is 491 g/mol. The van der Waals surface area contributed by atoms with E-state index in [1.54, 1.807) is 30.3 Å². The molecule has 0 saturated carbocycles. The number of anilines is 1. The molecule has 6 heteroatoms. The van der Waals surface area contributed by atoms with Crippen LogP contribution in [0.2, 0.25) is 0 Å². The van der Waals surface area contributed by atoms with E-state index in [0.29, 0.717) is 5.69 Å². The van der Waals surface area contributed by atoms with Gasteiger partial charge in [0.2, 0.25) is 5.91 Å². The molecule has 0 spiro atoms. The number of nitrogens with zero attached hydrogens (tertiary/aromatic N) is 1. The molecule has 0 aromatic heterocycles. The Bertz CT molecular complexity index is 1300. The van der Waals surface area contributed by atoms with Crippen LogP contribution in [-0.4, -0.2) is 20.9 Å². The summed E-state index contributed by atoms with van der Waals surface area (Å²) in [6, 6.07) is 20.3. The first-order valence-corrected chi connectivity index (χ1v) is 13.8. The highest BCUT2D eigenvalue weighted by molar-refractivity contribution is 7.92. The molecule has 1 aliphatic carbocycles. The lowest BCUT2D eigenvalue weighted by Gasteiger charge is -2.27. The number of carbonyl (C=O) groups excluding carboxylic acids is 1. The van der Waals surface area contributed by atoms with Crippen LogP contribution in [-0.2, 0) is 27.7 Å². The van der Waals surface area contributed by atoms with Crippen molar-refractivity contribution < 1.29 is 13.2 Å². The van der Waals surface area contributed by atoms with Crippen molar-refractivity contribution in [3.05, 3.63) is 94.5 Å². The second-order valence-corrected chi connectivity index (χ2v) is 11.2. The lowest BCUT2D eigenvalue weighted by molar-refractivity contribution is -0.120. The summed E-state index contributed by atoms with van der Waals surface area (Å²) in [5.41, 5.74) is 6.09. The number of hydrogen-bond donors (Lipinski definition) is 1. The number of sulfonamides is 1. The maximum Gasteiger partial charge on any atom is 0.264 e. The van der Waals surface area contributed by atoms with Crippen molar-refractivity contribution in [2.45, 2.75) is 63.8 Å². The summed E-state index contributed by atoms with van der Waals surface area (Å²) < 4.78 is 28.6. The Balaban J connectivity index is 1.62. The van der Waals surface area contributed by atoms with Gasteiger partial charge in [0.05, 0.1) is 16.6 Å². The number of benzene rings is 3. The topological polar surface area (TPSA) is 66.5 Å². The fourth-order valence-corrected chi connectivity index (χ4v) is 6.27.